The average Bonchev–Trinajstić information content (AvgIpc) is 3.29. The van der Waals surface area contributed by atoms with Crippen molar-refractivity contribution in [1.29, 1.82) is 0 Å². The van der Waals surface area contributed by atoms with Crippen LogP contribution in [0, 0.1) is 5.82 Å². The molecule has 4 rings (SSSR count). The number of benzene rings is 2. The van der Waals surface area contributed by atoms with Crippen molar-refractivity contribution in [2.75, 3.05) is 17.9 Å². The third-order valence-electron chi connectivity index (χ3n) is 5.71. The summed E-state index contributed by atoms with van der Waals surface area (Å²) in [5, 5.41) is 6.54. The zero-order chi connectivity index (χ0) is 22.9. The van der Waals surface area contributed by atoms with Gasteiger partial charge >= 0.3 is 0 Å². The van der Waals surface area contributed by atoms with Gasteiger partial charge in [-0.25, -0.2) is 12.8 Å². The molecule has 2 aromatic carbocycles. The molecule has 0 spiro atoms. The Morgan fingerprint density at radius 2 is 1.94 bits per heavy atom. The van der Waals surface area contributed by atoms with Gasteiger partial charge in [0.15, 0.2) is 0 Å². The minimum Gasteiger partial charge on any atom is -0.381 e. The van der Waals surface area contributed by atoms with Gasteiger partial charge in [-0.2, -0.15) is 5.10 Å². The molecule has 1 aliphatic heterocycles. The molecule has 3 aromatic rings. The molecule has 1 aromatic heterocycles. The zero-order valence-electron chi connectivity index (χ0n) is 17.2. The fourth-order valence-corrected chi connectivity index (χ4v) is 5.03. The van der Waals surface area contributed by atoms with E-state index in [0.717, 1.165) is 6.07 Å². The topological polar surface area (TPSA) is 101 Å². The Balaban J connectivity index is 1.66. The van der Waals surface area contributed by atoms with Crippen LogP contribution >= 0.6 is 11.6 Å². The number of nitrogens with one attached hydrogen (secondary N) is 2. The minimum atomic E-state index is -4.18. The predicted molar refractivity (Wildman–Crippen MR) is 118 cm³/mol. The molecule has 0 amide bonds. The second-order valence-corrected chi connectivity index (χ2v) is 10.0. The van der Waals surface area contributed by atoms with Gasteiger partial charge in [-0.1, -0.05) is 24.6 Å². The van der Waals surface area contributed by atoms with Gasteiger partial charge in [0, 0.05) is 30.0 Å². The summed E-state index contributed by atoms with van der Waals surface area (Å²) in [5.74, 6) is -1.08. The molecule has 0 unspecified atom stereocenters. The number of hydrogen-bond donors (Lipinski definition) is 2. The van der Waals surface area contributed by atoms with E-state index < -0.39 is 27.0 Å². The fourth-order valence-electron chi connectivity index (χ4n) is 3.77. The summed E-state index contributed by atoms with van der Waals surface area (Å²) in [4.78, 5) is 12.5. The van der Waals surface area contributed by atoms with Gasteiger partial charge < -0.3 is 4.74 Å². The van der Waals surface area contributed by atoms with E-state index in [0.29, 0.717) is 31.6 Å². The first-order valence-corrected chi connectivity index (χ1v) is 11.8. The fraction of sp³-hybridized carbons (Fsp3) is 0.273. The molecular formula is C22H21ClFN3O4S. The first-order chi connectivity index (χ1) is 15.2. The summed E-state index contributed by atoms with van der Waals surface area (Å²) in [7, 11) is -4.18. The van der Waals surface area contributed by atoms with E-state index in [1.807, 2.05) is 6.92 Å². The van der Waals surface area contributed by atoms with Crippen LogP contribution in [0.25, 0.3) is 0 Å². The van der Waals surface area contributed by atoms with Gasteiger partial charge in [-0.3, -0.25) is 14.6 Å². The molecule has 0 radical (unpaired) electrons. The third-order valence-corrected chi connectivity index (χ3v) is 7.31. The number of ketones is 1. The molecule has 0 aliphatic carbocycles. The van der Waals surface area contributed by atoms with Gasteiger partial charge in [-0.05, 0) is 60.2 Å². The molecule has 1 saturated heterocycles. The van der Waals surface area contributed by atoms with Crippen LogP contribution in [-0.4, -0.2) is 37.6 Å². The highest BCUT2D eigenvalue weighted by atomic mass is 35.5. The summed E-state index contributed by atoms with van der Waals surface area (Å²) in [6.45, 7) is 3.00. The second kappa shape index (κ2) is 8.65. The van der Waals surface area contributed by atoms with Crippen LogP contribution in [-0.2, 0) is 20.2 Å². The summed E-state index contributed by atoms with van der Waals surface area (Å²) in [5.41, 5.74) is 0.277. The van der Waals surface area contributed by atoms with Crippen molar-refractivity contribution in [3.05, 3.63) is 76.3 Å². The van der Waals surface area contributed by atoms with Crippen molar-refractivity contribution in [2.24, 2.45) is 0 Å². The zero-order valence-corrected chi connectivity index (χ0v) is 18.8. The largest absolute Gasteiger partial charge is 0.381 e. The lowest BCUT2D eigenvalue weighted by Crippen LogP contribution is -2.31. The van der Waals surface area contributed by atoms with Gasteiger partial charge in [0.25, 0.3) is 10.0 Å². The Kier molecular flexibility index (Phi) is 6.07. The summed E-state index contributed by atoms with van der Waals surface area (Å²) < 4.78 is 48.7. The lowest BCUT2D eigenvalue weighted by atomic mass is 9.76. The Morgan fingerprint density at radius 3 is 2.59 bits per heavy atom. The van der Waals surface area contributed by atoms with Crippen molar-refractivity contribution in [1.82, 2.24) is 10.2 Å². The van der Waals surface area contributed by atoms with E-state index in [4.69, 9.17) is 16.3 Å². The normalized spacial score (nSPS) is 16.0. The molecule has 2 heterocycles. The number of hydrogen-bond acceptors (Lipinski definition) is 5. The molecule has 10 heteroatoms. The van der Waals surface area contributed by atoms with E-state index in [9.17, 15) is 17.6 Å². The van der Waals surface area contributed by atoms with Crippen LogP contribution in [0.1, 0.15) is 41.4 Å². The SMILES string of the molecule is CC1(c2ccc(S(=O)(=O)Nc3ccc(Cl)cc3C(=O)c3ccn[nH]3)cc2F)CCOCC1. The summed E-state index contributed by atoms with van der Waals surface area (Å²) in [6.07, 6.45) is 2.71. The molecule has 32 heavy (non-hydrogen) atoms. The van der Waals surface area contributed by atoms with Crippen molar-refractivity contribution in [3.8, 4) is 0 Å². The standard InChI is InChI=1S/C22H21ClFN3O4S/c1-22(7-10-31-11-8-22)17-4-3-15(13-18(17)24)32(29,30)27-19-5-2-14(23)12-16(19)21(28)20-6-9-25-26-20/h2-6,9,12-13,27H,7-8,10-11H2,1H3,(H,25,26). The number of sulfonamides is 1. The minimum absolute atomic E-state index is 0.0230. The maximum absolute atomic E-state index is 15.0. The van der Waals surface area contributed by atoms with Crippen molar-refractivity contribution in [3.63, 3.8) is 0 Å². The number of aromatic amines is 1. The lowest BCUT2D eigenvalue weighted by molar-refractivity contribution is 0.0552. The van der Waals surface area contributed by atoms with Crippen molar-refractivity contribution in [2.45, 2.75) is 30.1 Å². The average molecular weight is 478 g/mol. The number of halogens is 2. The second-order valence-electron chi connectivity index (χ2n) is 7.91. The molecule has 7 nitrogen and oxygen atoms in total. The molecular weight excluding hydrogens is 457 g/mol. The number of anilines is 1. The predicted octanol–water partition coefficient (Wildman–Crippen LogP) is 4.30. The number of aromatic nitrogens is 2. The molecule has 0 bridgehead atoms. The number of H-pyrrole nitrogens is 1. The number of carbonyl (C=O) groups is 1. The van der Waals surface area contributed by atoms with Gasteiger partial charge in [0.1, 0.15) is 11.5 Å². The number of nitrogens with zero attached hydrogens (tertiary/aromatic N) is 1. The quantitative estimate of drug-likeness (QED) is 0.515. The van der Waals surface area contributed by atoms with Gasteiger partial charge in [-0.15, -0.1) is 0 Å². The van der Waals surface area contributed by atoms with E-state index in [1.54, 1.807) is 0 Å². The Bertz CT molecular complexity index is 1260. The van der Waals surface area contributed by atoms with Gasteiger partial charge in [0.2, 0.25) is 5.78 Å². The number of rotatable bonds is 6. The van der Waals surface area contributed by atoms with Crippen LogP contribution in [0.15, 0.2) is 53.6 Å². The molecule has 1 fully saturated rings. The number of carbonyl (C=O) groups excluding carboxylic acids is 1. The highest BCUT2D eigenvalue weighted by Gasteiger charge is 2.32. The number of ether oxygens (including phenoxy) is 1. The van der Waals surface area contributed by atoms with Crippen molar-refractivity contribution >= 4 is 33.1 Å². The molecule has 0 atom stereocenters. The van der Waals surface area contributed by atoms with Crippen LogP contribution in [0.2, 0.25) is 5.02 Å². The maximum Gasteiger partial charge on any atom is 0.262 e. The van der Waals surface area contributed by atoms with E-state index in [-0.39, 0.29) is 26.9 Å². The van der Waals surface area contributed by atoms with Crippen LogP contribution < -0.4 is 4.72 Å². The molecule has 168 valence electrons. The van der Waals surface area contributed by atoms with E-state index >= 15 is 0 Å². The maximum atomic E-state index is 15.0. The Labute approximate surface area is 190 Å². The van der Waals surface area contributed by atoms with Crippen LogP contribution in [0.3, 0.4) is 0 Å². The lowest BCUT2D eigenvalue weighted by Gasteiger charge is -2.34. The van der Waals surface area contributed by atoms with Crippen LogP contribution in [0.5, 0.6) is 0 Å². The molecule has 0 saturated carbocycles. The molecule has 1 aliphatic rings. The van der Waals surface area contributed by atoms with E-state index in [1.165, 1.54) is 42.6 Å². The Morgan fingerprint density at radius 1 is 1.19 bits per heavy atom. The first kappa shape index (κ1) is 22.4. The molecule has 2 N–H and O–H groups in total. The highest BCUT2D eigenvalue weighted by Crippen LogP contribution is 2.36. The van der Waals surface area contributed by atoms with E-state index in [2.05, 4.69) is 14.9 Å². The summed E-state index contributed by atoms with van der Waals surface area (Å²) in [6, 6.07) is 9.55. The van der Waals surface area contributed by atoms with Crippen LogP contribution in [0.4, 0.5) is 10.1 Å². The highest BCUT2D eigenvalue weighted by molar-refractivity contribution is 7.92. The third kappa shape index (κ3) is 4.41. The van der Waals surface area contributed by atoms with Gasteiger partial charge in [0.05, 0.1) is 10.6 Å². The monoisotopic (exact) mass is 477 g/mol. The van der Waals surface area contributed by atoms with Crippen molar-refractivity contribution < 1.29 is 22.3 Å². The first-order valence-electron chi connectivity index (χ1n) is 9.94. The summed E-state index contributed by atoms with van der Waals surface area (Å²) >= 11 is 6.02. The Hall–Kier alpha value is -2.75. The smallest absolute Gasteiger partial charge is 0.262 e.